The molecule has 2 N–H and O–H groups in total. The van der Waals surface area contributed by atoms with Crippen molar-refractivity contribution in [2.45, 2.75) is 0 Å². The van der Waals surface area contributed by atoms with Crippen LogP contribution >= 0.6 is 9.47 Å². The topological polar surface area (TPSA) is 35.2 Å². The largest absolute Gasteiger partial charge is 0.481 e. The highest BCUT2D eigenvalue weighted by molar-refractivity contribution is 7.10. The van der Waals surface area contributed by atoms with Crippen molar-refractivity contribution in [2.75, 3.05) is 0 Å². The number of allylic oxidation sites excluding steroid dienone is 4. The Kier molecular flexibility index (Phi) is 5.22. The maximum Gasteiger partial charge on any atom is 0.115 e. The van der Waals surface area contributed by atoms with Gasteiger partial charge in [-0.3, -0.25) is 0 Å². The molecule has 1 atom stereocenters. The standard InChI is InChI=1S/C8H12NOP/c1-3-8(9)6-4-5-7(2)10-11/h3-6H,1-2,9,11H2/b5-4-,8-6+. The van der Waals surface area contributed by atoms with Gasteiger partial charge in [0.15, 0.2) is 0 Å². The highest BCUT2D eigenvalue weighted by Gasteiger charge is 1.79. The first kappa shape index (κ1) is 9.99. The molecule has 0 aromatic heterocycles. The van der Waals surface area contributed by atoms with Crippen LogP contribution in [0, 0.1) is 0 Å². The Bertz CT molecular complexity index is 206. The van der Waals surface area contributed by atoms with Gasteiger partial charge in [0.2, 0.25) is 0 Å². The van der Waals surface area contributed by atoms with E-state index in [9.17, 15) is 0 Å². The molecule has 0 bridgehead atoms. The molecule has 0 aromatic carbocycles. The Morgan fingerprint density at radius 2 is 2.18 bits per heavy atom. The number of nitrogens with two attached hydrogens (primary N) is 1. The number of rotatable bonds is 4. The molecule has 0 aromatic rings. The predicted octanol–water partition coefficient (Wildman–Crippen LogP) is 1.89. The first-order valence-corrected chi connectivity index (χ1v) is 3.49. The van der Waals surface area contributed by atoms with Gasteiger partial charge in [0.1, 0.15) is 5.76 Å². The summed E-state index contributed by atoms with van der Waals surface area (Å²) >= 11 is 0. The van der Waals surface area contributed by atoms with Crippen molar-refractivity contribution < 1.29 is 4.52 Å². The van der Waals surface area contributed by atoms with Crippen molar-refractivity contribution in [2.24, 2.45) is 5.73 Å². The molecule has 3 heteroatoms. The molecule has 0 saturated heterocycles. The van der Waals surface area contributed by atoms with E-state index >= 15 is 0 Å². The summed E-state index contributed by atoms with van der Waals surface area (Å²) in [5, 5.41) is 0. The molecule has 11 heavy (non-hydrogen) atoms. The first-order valence-electron chi connectivity index (χ1n) is 3.02. The third-order valence-electron chi connectivity index (χ3n) is 0.958. The molecule has 0 heterocycles. The summed E-state index contributed by atoms with van der Waals surface area (Å²) < 4.78 is 4.71. The molecule has 0 radical (unpaired) electrons. The van der Waals surface area contributed by atoms with Crippen molar-refractivity contribution >= 4 is 9.47 Å². The lowest BCUT2D eigenvalue weighted by Crippen LogP contribution is -1.89. The number of hydrogen-bond donors (Lipinski definition) is 1. The van der Waals surface area contributed by atoms with Crippen LogP contribution in [-0.2, 0) is 4.52 Å². The molecular formula is C8H12NOP. The van der Waals surface area contributed by atoms with Crippen LogP contribution in [0.25, 0.3) is 0 Å². The van der Waals surface area contributed by atoms with E-state index in [-0.39, 0.29) is 0 Å². The Labute approximate surface area is 69.4 Å². The van der Waals surface area contributed by atoms with Crippen molar-refractivity contribution in [3.63, 3.8) is 0 Å². The van der Waals surface area contributed by atoms with Gasteiger partial charge in [-0.25, -0.2) is 0 Å². The van der Waals surface area contributed by atoms with E-state index in [0.717, 1.165) is 0 Å². The minimum Gasteiger partial charge on any atom is -0.481 e. The van der Waals surface area contributed by atoms with Gasteiger partial charge in [-0.05, 0) is 18.2 Å². The van der Waals surface area contributed by atoms with E-state index in [4.69, 9.17) is 10.3 Å². The second kappa shape index (κ2) is 5.75. The van der Waals surface area contributed by atoms with Crippen LogP contribution in [0.4, 0.5) is 0 Å². The van der Waals surface area contributed by atoms with Crippen molar-refractivity contribution in [1.29, 1.82) is 0 Å². The molecule has 0 aliphatic rings. The lowest BCUT2D eigenvalue weighted by atomic mass is 10.3. The van der Waals surface area contributed by atoms with E-state index in [0.29, 0.717) is 11.5 Å². The van der Waals surface area contributed by atoms with Crippen LogP contribution in [0.1, 0.15) is 0 Å². The molecule has 2 nitrogen and oxygen atoms in total. The third-order valence-corrected chi connectivity index (χ3v) is 1.26. The van der Waals surface area contributed by atoms with E-state index in [1.54, 1.807) is 24.3 Å². The van der Waals surface area contributed by atoms with E-state index in [2.05, 4.69) is 22.6 Å². The first-order chi connectivity index (χ1) is 5.20. The van der Waals surface area contributed by atoms with Gasteiger partial charge in [0, 0.05) is 5.70 Å². The summed E-state index contributed by atoms with van der Waals surface area (Å²) in [5.74, 6) is 0.558. The summed E-state index contributed by atoms with van der Waals surface area (Å²) in [5.41, 5.74) is 6.03. The monoisotopic (exact) mass is 169 g/mol. The Hall–Kier alpha value is -1.01. The van der Waals surface area contributed by atoms with Gasteiger partial charge in [0.25, 0.3) is 0 Å². The molecular weight excluding hydrogens is 157 g/mol. The summed E-state index contributed by atoms with van der Waals surface area (Å²) in [7, 11) is 2.10. The Morgan fingerprint density at radius 1 is 1.55 bits per heavy atom. The van der Waals surface area contributed by atoms with Gasteiger partial charge < -0.3 is 10.3 Å². The van der Waals surface area contributed by atoms with Crippen LogP contribution in [0.5, 0.6) is 0 Å². The zero-order chi connectivity index (χ0) is 8.69. The minimum atomic E-state index is 0.558. The smallest absolute Gasteiger partial charge is 0.115 e. The lowest BCUT2D eigenvalue weighted by Gasteiger charge is -1.93. The molecule has 60 valence electrons. The average molecular weight is 169 g/mol. The quantitative estimate of drug-likeness (QED) is 0.396. The van der Waals surface area contributed by atoms with Gasteiger partial charge in [-0.1, -0.05) is 19.2 Å². The van der Waals surface area contributed by atoms with Crippen LogP contribution in [0.2, 0.25) is 0 Å². The van der Waals surface area contributed by atoms with Crippen LogP contribution in [0.3, 0.4) is 0 Å². The Morgan fingerprint density at radius 3 is 2.64 bits per heavy atom. The summed E-state index contributed by atoms with van der Waals surface area (Å²) in [6.45, 7) is 7.06. The molecule has 0 fully saturated rings. The van der Waals surface area contributed by atoms with Crippen LogP contribution in [0.15, 0.2) is 48.9 Å². The zero-order valence-corrected chi connectivity index (χ0v) is 7.44. The predicted molar refractivity (Wildman–Crippen MR) is 51.5 cm³/mol. The molecule has 1 unspecified atom stereocenters. The fraction of sp³-hybridized carbons (Fsp3) is 0. The summed E-state index contributed by atoms with van der Waals surface area (Å²) in [6, 6.07) is 0. The van der Waals surface area contributed by atoms with Crippen LogP contribution < -0.4 is 5.73 Å². The molecule has 0 aliphatic carbocycles. The normalized spacial score (nSPS) is 11.5. The second-order valence-corrected chi connectivity index (χ2v) is 2.05. The molecule has 0 spiro atoms. The average Bonchev–Trinajstić information content (AvgIpc) is 2.04. The van der Waals surface area contributed by atoms with E-state index in [1.807, 2.05) is 0 Å². The fourth-order valence-corrected chi connectivity index (χ4v) is 0.452. The van der Waals surface area contributed by atoms with Gasteiger partial charge in [0.05, 0.1) is 9.47 Å². The minimum absolute atomic E-state index is 0.558. The van der Waals surface area contributed by atoms with Crippen molar-refractivity contribution in [3.05, 3.63) is 48.9 Å². The van der Waals surface area contributed by atoms with Crippen molar-refractivity contribution in [3.8, 4) is 0 Å². The van der Waals surface area contributed by atoms with Gasteiger partial charge in [-0.2, -0.15) is 0 Å². The highest BCUT2D eigenvalue weighted by Crippen LogP contribution is 2.00. The third kappa shape index (κ3) is 5.43. The fourth-order valence-electron chi connectivity index (χ4n) is 0.374. The molecule has 0 saturated carbocycles. The zero-order valence-electron chi connectivity index (χ0n) is 6.29. The Balaban J connectivity index is 3.95. The van der Waals surface area contributed by atoms with Gasteiger partial charge in [-0.15, -0.1) is 0 Å². The SMILES string of the molecule is C=C/C(N)=C\C=C/C(=C)OP. The highest BCUT2D eigenvalue weighted by atomic mass is 31.0. The second-order valence-electron chi connectivity index (χ2n) is 1.81. The van der Waals surface area contributed by atoms with E-state index in [1.165, 1.54) is 0 Å². The maximum atomic E-state index is 5.42. The molecule has 0 amide bonds. The number of hydrogen-bond acceptors (Lipinski definition) is 2. The van der Waals surface area contributed by atoms with Gasteiger partial charge >= 0.3 is 0 Å². The lowest BCUT2D eigenvalue weighted by molar-refractivity contribution is 0.524. The molecule has 0 rings (SSSR count). The van der Waals surface area contributed by atoms with Crippen molar-refractivity contribution in [1.82, 2.24) is 0 Å². The summed E-state index contributed by atoms with van der Waals surface area (Å²) in [4.78, 5) is 0. The van der Waals surface area contributed by atoms with Crippen LogP contribution in [-0.4, -0.2) is 0 Å². The molecule has 0 aliphatic heterocycles. The van der Waals surface area contributed by atoms with E-state index < -0.39 is 0 Å². The maximum absolute atomic E-state index is 5.42. The summed E-state index contributed by atoms with van der Waals surface area (Å²) in [6.07, 6.45) is 6.71.